The van der Waals surface area contributed by atoms with E-state index in [9.17, 15) is 9.59 Å². The van der Waals surface area contributed by atoms with E-state index in [2.05, 4.69) is 15.6 Å². The summed E-state index contributed by atoms with van der Waals surface area (Å²) in [6.07, 6.45) is 4.50. The number of amides is 2. The molecule has 0 aliphatic carbocycles. The minimum absolute atomic E-state index is 0.122. The Balaban J connectivity index is 1.93. The van der Waals surface area contributed by atoms with Crippen molar-refractivity contribution in [3.8, 4) is 0 Å². The molecule has 6 nitrogen and oxygen atoms in total. The molecular formula is C19H26N4O2. The molecule has 0 fully saturated rings. The Morgan fingerprint density at radius 2 is 1.92 bits per heavy atom. The smallest absolute Gasteiger partial charge is 0.253 e. The largest absolute Gasteiger partial charge is 0.352 e. The number of carbonyl (C=O) groups excluding carboxylic acids is 2. The van der Waals surface area contributed by atoms with Gasteiger partial charge in [-0.25, -0.2) is 4.98 Å². The van der Waals surface area contributed by atoms with Crippen molar-refractivity contribution in [3.05, 3.63) is 48.0 Å². The molecule has 2 rings (SSSR count). The minimum atomic E-state index is -0.522. The highest BCUT2D eigenvalue weighted by molar-refractivity contribution is 6.04. The number of anilines is 1. The van der Waals surface area contributed by atoms with E-state index in [4.69, 9.17) is 0 Å². The predicted molar refractivity (Wildman–Crippen MR) is 98.4 cm³/mol. The first-order valence-corrected chi connectivity index (χ1v) is 8.45. The summed E-state index contributed by atoms with van der Waals surface area (Å²) in [5.41, 5.74) is 0.482. The Kier molecular flexibility index (Phi) is 5.96. The number of carbonyl (C=O) groups is 2. The van der Waals surface area contributed by atoms with Gasteiger partial charge in [-0.1, -0.05) is 32.9 Å². The van der Waals surface area contributed by atoms with Crippen molar-refractivity contribution in [2.45, 2.75) is 40.7 Å². The van der Waals surface area contributed by atoms with Crippen LogP contribution in [0.2, 0.25) is 0 Å². The average molecular weight is 342 g/mol. The van der Waals surface area contributed by atoms with Crippen LogP contribution in [0.15, 0.2) is 36.7 Å². The lowest BCUT2D eigenvalue weighted by molar-refractivity contribution is -0.123. The van der Waals surface area contributed by atoms with Crippen LogP contribution in [0, 0.1) is 12.3 Å². The van der Waals surface area contributed by atoms with Gasteiger partial charge in [0.05, 0.1) is 11.3 Å². The van der Waals surface area contributed by atoms with Crippen LogP contribution in [0.3, 0.4) is 0 Å². The number of nitrogens with one attached hydrogen (secondary N) is 2. The lowest BCUT2D eigenvalue weighted by Gasteiger charge is -2.19. The molecule has 0 atom stereocenters. The summed E-state index contributed by atoms with van der Waals surface area (Å²) in [5, 5.41) is 5.75. The first kappa shape index (κ1) is 18.7. The van der Waals surface area contributed by atoms with Gasteiger partial charge in [-0.15, -0.1) is 0 Å². The maximum Gasteiger partial charge on any atom is 0.253 e. The fourth-order valence-corrected chi connectivity index (χ4v) is 2.29. The van der Waals surface area contributed by atoms with Crippen molar-refractivity contribution in [2.75, 3.05) is 11.9 Å². The zero-order valence-corrected chi connectivity index (χ0v) is 15.3. The van der Waals surface area contributed by atoms with Crippen molar-refractivity contribution in [1.82, 2.24) is 14.9 Å². The number of benzene rings is 1. The van der Waals surface area contributed by atoms with Crippen LogP contribution in [0.1, 0.15) is 43.4 Å². The van der Waals surface area contributed by atoms with Crippen molar-refractivity contribution in [1.29, 1.82) is 0 Å². The normalized spacial score (nSPS) is 11.2. The van der Waals surface area contributed by atoms with E-state index in [1.165, 1.54) is 0 Å². The molecule has 2 aromatic rings. The number of hydrogen-bond acceptors (Lipinski definition) is 3. The minimum Gasteiger partial charge on any atom is -0.352 e. The topological polar surface area (TPSA) is 76.0 Å². The molecule has 0 unspecified atom stereocenters. The number of rotatable bonds is 6. The molecule has 0 bridgehead atoms. The quantitative estimate of drug-likeness (QED) is 0.792. The summed E-state index contributed by atoms with van der Waals surface area (Å²) in [5.74, 6) is 0.650. The fourth-order valence-electron chi connectivity index (χ4n) is 2.29. The Morgan fingerprint density at radius 1 is 1.20 bits per heavy atom. The summed E-state index contributed by atoms with van der Waals surface area (Å²) in [6.45, 7) is 8.81. The van der Waals surface area contributed by atoms with Crippen LogP contribution in [-0.4, -0.2) is 27.9 Å². The van der Waals surface area contributed by atoms with Gasteiger partial charge < -0.3 is 15.2 Å². The van der Waals surface area contributed by atoms with Gasteiger partial charge in [0.25, 0.3) is 5.91 Å². The van der Waals surface area contributed by atoms with Crippen molar-refractivity contribution < 1.29 is 9.59 Å². The highest BCUT2D eigenvalue weighted by Crippen LogP contribution is 2.20. The highest BCUT2D eigenvalue weighted by Gasteiger charge is 2.22. The molecule has 2 amide bonds. The Bertz CT molecular complexity index is 744. The van der Waals surface area contributed by atoms with Gasteiger partial charge in [0.2, 0.25) is 5.91 Å². The molecule has 0 saturated heterocycles. The molecule has 2 N–H and O–H groups in total. The molecule has 1 aromatic carbocycles. The third kappa shape index (κ3) is 5.17. The summed E-state index contributed by atoms with van der Waals surface area (Å²) in [4.78, 5) is 28.8. The van der Waals surface area contributed by atoms with Crippen LogP contribution in [-0.2, 0) is 11.3 Å². The number of nitrogens with zero attached hydrogens (tertiary/aromatic N) is 2. The number of aromatic nitrogens is 2. The van der Waals surface area contributed by atoms with E-state index in [1.807, 2.05) is 38.5 Å². The third-order valence-electron chi connectivity index (χ3n) is 3.89. The first-order chi connectivity index (χ1) is 11.8. The molecule has 134 valence electrons. The highest BCUT2D eigenvalue weighted by atomic mass is 16.2. The summed E-state index contributed by atoms with van der Waals surface area (Å²) in [6, 6.07) is 7.05. The first-order valence-electron chi connectivity index (χ1n) is 8.45. The molecule has 6 heteroatoms. The van der Waals surface area contributed by atoms with Crippen molar-refractivity contribution in [2.24, 2.45) is 5.41 Å². The van der Waals surface area contributed by atoms with Crippen LogP contribution in [0.4, 0.5) is 5.69 Å². The molecule has 0 aliphatic heterocycles. The van der Waals surface area contributed by atoms with Gasteiger partial charge in [0, 0.05) is 30.9 Å². The van der Waals surface area contributed by atoms with E-state index in [0.29, 0.717) is 17.8 Å². The fraction of sp³-hybridized carbons (Fsp3) is 0.421. The SMILES string of the molecule is Cc1nccn1CCCNC(=O)c1ccccc1NC(=O)C(C)(C)C. The lowest BCUT2D eigenvalue weighted by Crippen LogP contribution is -2.30. The van der Waals surface area contributed by atoms with Crippen LogP contribution in [0.25, 0.3) is 0 Å². The number of aryl methyl sites for hydroxylation is 2. The molecule has 0 radical (unpaired) electrons. The second-order valence-electron chi connectivity index (χ2n) is 7.03. The molecule has 1 aromatic heterocycles. The zero-order valence-electron chi connectivity index (χ0n) is 15.3. The standard InChI is InChI=1S/C19H26N4O2/c1-14-20-11-13-23(14)12-7-10-21-17(24)15-8-5-6-9-16(15)22-18(25)19(2,3)4/h5-6,8-9,11,13H,7,10,12H2,1-4H3,(H,21,24)(H,22,25). The Hall–Kier alpha value is -2.63. The maximum absolute atomic E-state index is 12.4. The summed E-state index contributed by atoms with van der Waals surface area (Å²) in [7, 11) is 0. The van der Waals surface area contributed by atoms with E-state index in [1.54, 1.807) is 30.5 Å². The van der Waals surface area contributed by atoms with E-state index in [0.717, 1.165) is 18.8 Å². The predicted octanol–water partition coefficient (Wildman–Crippen LogP) is 3.00. The Labute approximate surface area is 148 Å². The number of imidazole rings is 1. The average Bonchev–Trinajstić information content (AvgIpc) is 2.96. The molecule has 0 spiro atoms. The zero-order chi connectivity index (χ0) is 18.4. The van der Waals surface area contributed by atoms with Gasteiger partial charge in [-0.3, -0.25) is 9.59 Å². The summed E-state index contributed by atoms with van der Waals surface area (Å²) < 4.78 is 2.05. The number of hydrogen-bond donors (Lipinski definition) is 2. The third-order valence-corrected chi connectivity index (χ3v) is 3.89. The van der Waals surface area contributed by atoms with Crippen molar-refractivity contribution >= 4 is 17.5 Å². The Morgan fingerprint density at radius 3 is 2.56 bits per heavy atom. The molecule has 0 aliphatic rings. The second kappa shape index (κ2) is 7.96. The second-order valence-corrected chi connectivity index (χ2v) is 7.03. The van der Waals surface area contributed by atoms with Crippen LogP contribution >= 0.6 is 0 Å². The van der Waals surface area contributed by atoms with E-state index >= 15 is 0 Å². The maximum atomic E-state index is 12.4. The van der Waals surface area contributed by atoms with Crippen LogP contribution in [0.5, 0.6) is 0 Å². The van der Waals surface area contributed by atoms with E-state index < -0.39 is 5.41 Å². The summed E-state index contributed by atoms with van der Waals surface area (Å²) >= 11 is 0. The van der Waals surface area contributed by atoms with Gasteiger partial charge >= 0.3 is 0 Å². The molecule has 25 heavy (non-hydrogen) atoms. The molecular weight excluding hydrogens is 316 g/mol. The molecule has 0 saturated carbocycles. The monoisotopic (exact) mass is 342 g/mol. The number of para-hydroxylation sites is 1. The van der Waals surface area contributed by atoms with Gasteiger partial charge in [-0.05, 0) is 25.5 Å². The van der Waals surface area contributed by atoms with Gasteiger partial charge in [0.1, 0.15) is 5.82 Å². The van der Waals surface area contributed by atoms with Gasteiger partial charge in [-0.2, -0.15) is 0 Å². The van der Waals surface area contributed by atoms with Crippen LogP contribution < -0.4 is 10.6 Å². The lowest BCUT2D eigenvalue weighted by atomic mass is 9.95. The van der Waals surface area contributed by atoms with Gasteiger partial charge in [0.15, 0.2) is 0 Å². The molecule has 1 heterocycles. The van der Waals surface area contributed by atoms with Crippen molar-refractivity contribution in [3.63, 3.8) is 0 Å². The van der Waals surface area contributed by atoms with E-state index in [-0.39, 0.29) is 11.8 Å².